The predicted molar refractivity (Wildman–Crippen MR) is 84.1 cm³/mol. The van der Waals surface area contributed by atoms with Gasteiger partial charge in [-0.25, -0.2) is 0 Å². The number of halogens is 3. The molecule has 0 saturated heterocycles. The van der Waals surface area contributed by atoms with E-state index in [4.69, 9.17) is 28.9 Å². The molecule has 3 N–H and O–H groups in total. The van der Waals surface area contributed by atoms with Crippen LogP contribution in [-0.2, 0) is 6.54 Å². The number of nitrogens with two attached hydrogens (primary N) is 1. The van der Waals surface area contributed by atoms with Crippen molar-refractivity contribution >= 4 is 62.1 Å². The third kappa shape index (κ3) is 3.42. The number of carbonyl (C=O) groups excluding carboxylic acids is 1. The molecule has 3 nitrogen and oxygen atoms in total. The summed E-state index contributed by atoms with van der Waals surface area (Å²) in [6, 6.07) is 4.94. The fraction of sp³-hybridized carbons (Fsp3) is 0.0833. The van der Waals surface area contributed by atoms with Crippen LogP contribution in [-0.4, -0.2) is 5.91 Å². The predicted octanol–water partition coefficient (Wildman–Crippen LogP) is 4.33. The molecule has 0 aliphatic carbocycles. The lowest BCUT2D eigenvalue weighted by molar-refractivity contribution is 0.0951. The molecule has 2 aromatic rings. The third-order valence-corrected chi connectivity index (χ3v) is 5.12. The van der Waals surface area contributed by atoms with E-state index >= 15 is 0 Å². The van der Waals surface area contributed by atoms with Crippen molar-refractivity contribution in [3.05, 3.63) is 48.5 Å². The Morgan fingerprint density at radius 3 is 2.79 bits per heavy atom. The average molecular weight is 380 g/mol. The number of hydrogen-bond acceptors (Lipinski definition) is 3. The Morgan fingerprint density at radius 1 is 1.42 bits per heavy atom. The number of amides is 1. The molecule has 7 heteroatoms. The van der Waals surface area contributed by atoms with E-state index in [0.29, 0.717) is 12.2 Å². The quantitative estimate of drug-likeness (QED) is 0.779. The number of thiophene rings is 1. The number of rotatable bonds is 3. The van der Waals surface area contributed by atoms with Gasteiger partial charge in [-0.3, -0.25) is 4.79 Å². The van der Waals surface area contributed by atoms with Crippen molar-refractivity contribution in [1.29, 1.82) is 0 Å². The number of benzene rings is 1. The first-order chi connectivity index (χ1) is 8.99. The molecular weight excluding hydrogens is 371 g/mol. The van der Waals surface area contributed by atoms with Crippen LogP contribution in [0, 0.1) is 0 Å². The minimum Gasteiger partial charge on any atom is -0.399 e. The van der Waals surface area contributed by atoms with Crippen LogP contribution in [0.4, 0.5) is 5.69 Å². The molecule has 0 aliphatic heterocycles. The standard InChI is InChI=1S/C12H9BrCl2N2OS/c13-8-1-2-19-10(8)5-17-12(18)7-3-6(16)4-9(14)11(7)15/h1-4H,5,16H2,(H,17,18). The highest BCUT2D eigenvalue weighted by Gasteiger charge is 2.14. The van der Waals surface area contributed by atoms with Crippen LogP contribution in [0.5, 0.6) is 0 Å². The molecule has 1 amide bonds. The van der Waals surface area contributed by atoms with Crippen LogP contribution >= 0.6 is 50.5 Å². The largest absolute Gasteiger partial charge is 0.399 e. The van der Waals surface area contributed by atoms with Crippen molar-refractivity contribution in [1.82, 2.24) is 5.32 Å². The lowest BCUT2D eigenvalue weighted by atomic mass is 10.2. The summed E-state index contributed by atoms with van der Waals surface area (Å²) >= 11 is 16.8. The Balaban J connectivity index is 2.15. The van der Waals surface area contributed by atoms with Gasteiger partial charge in [0.2, 0.25) is 0 Å². The van der Waals surface area contributed by atoms with Gasteiger partial charge in [0.05, 0.1) is 22.2 Å². The Hall–Kier alpha value is -0.750. The molecule has 0 aliphatic rings. The molecule has 0 bridgehead atoms. The summed E-state index contributed by atoms with van der Waals surface area (Å²) in [4.78, 5) is 13.1. The Morgan fingerprint density at radius 2 is 2.16 bits per heavy atom. The molecule has 0 unspecified atom stereocenters. The molecule has 1 aromatic heterocycles. The summed E-state index contributed by atoms with van der Waals surface area (Å²) in [6.45, 7) is 0.416. The van der Waals surface area contributed by atoms with Gasteiger partial charge >= 0.3 is 0 Å². The number of carbonyl (C=O) groups is 1. The second-order valence-electron chi connectivity index (χ2n) is 3.74. The van der Waals surface area contributed by atoms with Crippen LogP contribution in [0.15, 0.2) is 28.1 Å². The third-order valence-electron chi connectivity index (χ3n) is 2.40. The minimum atomic E-state index is -0.306. The van der Waals surface area contributed by atoms with Crippen LogP contribution in [0.3, 0.4) is 0 Å². The molecule has 1 aromatic carbocycles. The number of nitrogens with one attached hydrogen (secondary N) is 1. The summed E-state index contributed by atoms with van der Waals surface area (Å²) in [5, 5.41) is 5.20. The van der Waals surface area contributed by atoms with E-state index in [-0.39, 0.29) is 21.5 Å². The van der Waals surface area contributed by atoms with Gasteiger partial charge in [0.25, 0.3) is 5.91 Å². The van der Waals surface area contributed by atoms with E-state index in [2.05, 4.69) is 21.2 Å². The Kier molecular flexibility index (Phi) is 4.73. The summed E-state index contributed by atoms with van der Waals surface area (Å²) in [7, 11) is 0. The summed E-state index contributed by atoms with van der Waals surface area (Å²) in [6.07, 6.45) is 0. The second kappa shape index (κ2) is 6.13. The number of anilines is 1. The summed E-state index contributed by atoms with van der Waals surface area (Å²) in [5.41, 5.74) is 6.33. The molecule has 19 heavy (non-hydrogen) atoms. The van der Waals surface area contributed by atoms with Gasteiger partial charge < -0.3 is 11.1 Å². The molecule has 100 valence electrons. The van der Waals surface area contributed by atoms with E-state index in [9.17, 15) is 4.79 Å². The van der Waals surface area contributed by atoms with E-state index in [1.807, 2.05) is 11.4 Å². The van der Waals surface area contributed by atoms with Gasteiger partial charge in [-0.2, -0.15) is 0 Å². The van der Waals surface area contributed by atoms with Crippen LogP contribution in [0.25, 0.3) is 0 Å². The molecule has 0 fully saturated rings. The van der Waals surface area contributed by atoms with Gasteiger partial charge in [-0.15, -0.1) is 11.3 Å². The first-order valence-corrected chi connectivity index (χ1v) is 7.66. The van der Waals surface area contributed by atoms with Crippen molar-refractivity contribution < 1.29 is 4.79 Å². The molecule has 0 radical (unpaired) electrons. The van der Waals surface area contributed by atoms with Gasteiger partial charge in [-0.1, -0.05) is 23.2 Å². The Labute approximate surface area is 132 Å². The molecule has 0 saturated carbocycles. The van der Waals surface area contributed by atoms with E-state index in [0.717, 1.165) is 9.35 Å². The first kappa shape index (κ1) is 14.7. The molecule has 1 heterocycles. The topological polar surface area (TPSA) is 55.1 Å². The van der Waals surface area contributed by atoms with Crippen molar-refractivity contribution in [2.24, 2.45) is 0 Å². The maximum atomic E-state index is 12.1. The highest BCUT2D eigenvalue weighted by Crippen LogP contribution is 2.29. The zero-order chi connectivity index (χ0) is 14.0. The number of hydrogen-bond donors (Lipinski definition) is 2. The van der Waals surface area contributed by atoms with Crippen LogP contribution in [0.2, 0.25) is 10.0 Å². The maximum Gasteiger partial charge on any atom is 0.253 e. The van der Waals surface area contributed by atoms with E-state index in [1.165, 1.54) is 12.1 Å². The SMILES string of the molecule is Nc1cc(Cl)c(Cl)c(C(=O)NCc2sccc2Br)c1. The average Bonchev–Trinajstić information content (AvgIpc) is 2.76. The van der Waals surface area contributed by atoms with Gasteiger partial charge in [-0.05, 0) is 39.5 Å². The first-order valence-electron chi connectivity index (χ1n) is 5.23. The summed E-state index contributed by atoms with van der Waals surface area (Å²) in [5.74, 6) is -0.306. The molecule has 0 spiro atoms. The van der Waals surface area contributed by atoms with Crippen molar-refractivity contribution in [3.63, 3.8) is 0 Å². The van der Waals surface area contributed by atoms with E-state index in [1.54, 1.807) is 11.3 Å². The monoisotopic (exact) mass is 378 g/mol. The van der Waals surface area contributed by atoms with Crippen molar-refractivity contribution in [2.75, 3.05) is 5.73 Å². The van der Waals surface area contributed by atoms with Crippen LogP contribution < -0.4 is 11.1 Å². The molecule has 0 atom stereocenters. The highest BCUT2D eigenvalue weighted by molar-refractivity contribution is 9.10. The van der Waals surface area contributed by atoms with Crippen LogP contribution in [0.1, 0.15) is 15.2 Å². The zero-order valence-corrected chi connectivity index (χ0v) is 13.5. The lowest BCUT2D eigenvalue weighted by Crippen LogP contribution is -2.23. The maximum absolute atomic E-state index is 12.1. The Bertz CT molecular complexity index is 630. The molecule has 2 rings (SSSR count). The molecular formula is C12H9BrCl2N2OS. The van der Waals surface area contributed by atoms with Gasteiger partial charge in [0, 0.05) is 15.0 Å². The van der Waals surface area contributed by atoms with Gasteiger partial charge in [0.1, 0.15) is 0 Å². The zero-order valence-electron chi connectivity index (χ0n) is 9.54. The minimum absolute atomic E-state index is 0.207. The van der Waals surface area contributed by atoms with Crippen molar-refractivity contribution in [2.45, 2.75) is 6.54 Å². The number of nitrogen functional groups attached to an aromatic ring is 1. The second-order valence-corrected chi connectivity index (χ2v) is 6.38. The van der Waals surface area contributed by atoms with Gasteiger partial charge in [0.15, 0.2) is 0 Å². The lowest BCUT2D eigenvalue weighted by Gasteiger charge is -2.08. The van der Waals surface area contributed by atoms with Crippen molar-refractivity contribution in [3.8, 4) is 0 Å². The fourth-order valence-electron chi connectivity index (χ4n) is 1.48. The highest BCUT2D eigenvalue weighted by atomic mass is 79.9. The fourth-order valence-corrected chi connectivity index (χ4v) is 3.34. The summed E-state index contributed by atoms with van der Waals surface area (Å²) < 4.78 is 0.967. The van der Waals surface area contributed by atoms with E-state index < -0.39 is 0 Å². The smallest absolute Gasteiger partial charge is 0.253 e. The normalized spacial score (nSPS) is 10.5.